The summed E-state index contributed by atoms with van der Waals surface area (Å²) in [4.78, 5) is 17.1. The van der Waals surface area contributed by atoms with Gasteiger partial charge >= 0.3 is 0 Å². The van der Waals surface area contributed by atoms with Crippen LogP contribution in [0.1, 0.15) is 25.7 Å². The van der Waals surface area contributed by atoms with Gasteiger partial charge in [0.1, 0.15) is 5.82 Å². The van der Waals surface area contributed by atoms with Gasteiger partial charge in [-0.3, -0.25) is 9.36 Å². The largest absolute Gasteiger partial charge is 0.322 e. The Kier molecular flexibility index (Phi) is 5.81. The first-order chi connectivity index (χ1) is 9.97. The van der Waals surface area contributed by atoms with Crippen molar-refractivity contribution in [3.05, 3.63) is 70.3 Å². The Balaban J connectivity index is 3.91. The van der Waals surface area contributed by atoms with Crippen molar-refractivity contribution in [1.82, 2.24) is 9.55 Å². The SMILES string of the molecule is C=C/C=C(\C=C)n1c(C(C)N)n/c(=C/C=C\C)c(=C)c1=O. The van der Waals surface area contributed by atoms with Gasteiger partial charge in [0.05, 0.1) is 16.6 Å². The second kappa shape index (κ2) is 7.36. The number of nitrogens with two attached hydrogens (primary N) is 1. The summed E-state index contributed by atoms with van der Waals surface area (Å²) in [5, 5.41) is 0.831. The number of nitrogens with zero attached hydrogens (tertiary/aromatic N) is 2. The summed E-state index contributed by atoms with van der Waals surface area (Å²) < 4.78 is 1.43. The molecule has 0 amide bonds. The van der Waals surface area contributed by atoms with Crippen LogP contribution in [0.5, 0.6) is 0 Å². The van der Waals surface area contributed by atoms with E-state index in [0.29, 0.717) is 22.1 Å². The van der Waals surface area contributed by atoms with E-state index in [0.717, 1.165) is 0 Å². The fraction of sp³-hybridized carbons (Fsp3) is 0.176. The van der Waals surface area contributed by atoms with Crippen molar-refractivity contribution in [1.29, 1.82) is 0 Å². The van der Waals surface area contributed by atoms with Crippen LogP contribution in [0, 0.1) is 0 Å². The zero-order valence-corrected chi connectivity index (χ0v) is 12.5. The van der Waals surface area contributed by atoms with Gasteiger partial charge < -0.3 is 5.73 Å². The van der Waals surface area contributed by atoms with Crippen molar-refractivity contribution in [2.75, 3.05) is 0 Å². The predicted octanol–water partition coefficient (Wildman–Crippen LogP) is 1.24. The number of allylic oxidation sites excluding steroid dienone is 6. The Morgan fingerprint density at radius 2 is 2.10 bits per heavy atom. The molecule has 0 saturated carbocycles. The molecule has 0 aliphatic rings. The quantitative estimate of drug-likeness (QED) is 0.827. The number of rotatable bonds is 5. The molecule has 2 N–H and O–H groups in total. The van der Waals surface area contributed by atoms with Gasteiger partial charge in [-0.15, -0.1) is 0 Å². The van der Waals surface area contributed by atoms with Crippen LogP contribution >= 0.6 is 0 Å². The average Bonchev–Trinajstić information content (AvgIpc) is 2.46. The van der Waals surface area contributed by atoms with E-state index >= 15 is 0 Å². The van der Waals surface area contributed by atoms with Crippen LogP contribution in [-0.2, 0) is 0 Å². The van der Waals surface area contributed by atoms with Crippen molar-refractivity contribution in [3.8, 4) is 0 Å². The van der Waals surface area contributed by atoms with Crippen LogP contribution in [0.25, 0.3) is 18.4 Å². The first-order valence-corrected chi connectivity index (χ1v) is 6.63. The van der Waals surface area contributed by atoms with E-state index in [9.17, 15) is 4.79 Å². The summed E-state index contributed by atoms with van der Waals surface area (Å²) in [5.41, 5.74) is 6.26. The predicted molar refractivity (Wildman–Crippen MR) is 89.8 cm³/mol. The smallest absolute Gasteiger partial charge is 0.265 e. The second-order valence-corrected chi connectivity index (χ2v) is 4.49. The van der Waals surface area contributed by atoms with Crippen molar-refractivity contribution in [2.45, 2.75) is 19.9 Å². The molecule has 1 aromatic heterocycles. The van der Waals surface area contributed by atoms with Gasteiger partial charge in [-0.05, 0) is 32.1 Å². The van der Waals surface area contributed by atoms with Gasteiger partial charge in [0.15, 0.2) is 0 Å². The first-order valence-electron chi connectivity index (χ1n) is 6.63. The van der Waals surface area contributed by atoms with E-state index in [2.05, 4.69) is 24.7 Å². The summed E-state index contributed by atoms with van der Waals surface area (Å²) in [6, 6.07) is -0.413. The molecule has 0 bridgehead atoms. The fourth-order valence-corrected chi connectivity index (χ4v) is 1.82. The molecule has 1 aromatic rings. The highest BCUT2D eigenvalue weighted by molar-refractivity contribution is 5.59. The molecule has 1 rings (SSSR count). The Labute approximate surface area is 124 Å². The maximum atomic E-state index is 12.6. The van der Waals surface area contributed by atoms with Crippen molar-refractivity contribution in [3.63, 3.8) is 0 Å². The highest BCUT2D eigenvalue weighted by Crippen LogP contribution is 2.09. The first kappa shape index (κ1) is 16.6. The second-order valence-electron chi connectivity index (χ2n) is 4.49. The van der Waals surface area contributed by atoms with Crippen LogP contribution in [0.2, 0.25) is 0 Å². The van der Waals surface area contributed by atoms with E-state index in [-0.39, 0.29) is 5.56 Å². The van der Waals surface area contributed by atoms with Crippen LogP contribution < -0.4 is 21.9 Å². The maximum Gasteiger partial charge on any atom is 0.265 e. The topological polar surface area (TPSA) is 60.9 Å². The Morgan fingerprint density at radius 1 is 1.43 bits per heavy atom. The molecule has 110 valence electrons. The van der Waals surface area contributed by atoms with Gasteiger partial charge in [0.25, 0.3) is 5.56 Å². The van der Waals surface area contributed by atoms with Crippen LogP contribution in [0.15, 0.2) is 48.3 Å². The summed E-state index contributed by atoms with van der Waals surface area (Å²) in [5.74, 6) is 0.455. The lowest BCUT2D eigenvalue weighted by Crippen LogP contribution is -2.48. The normalized spacial score (nSPS) is 14.4. The van der Waals surface area contributed by atoms with E-state index in [1.165, 1.54) is 4.57 Å². The number of hydrogen-bond acceptors (Lipinski definition) is 3. The third kappa shape index (κ3) is 3.55. The van der Waals surface area contributed by atoms with Gasteiger partial charge in [-0.2, -0.15) is 0 Å². The molecule has 0 saturated heterocycles. The zero-order chi connectivity index (χ0) is 16.0. The highest BCUT2D eigenvalue weighted by Gasteiger charge is 2.13. The minimum absolute atomic E-state index is 0.263. The average molecular weight is 283 g/mol. The molecule has 4 heteroatoms. The number of aromatic nitrogens is 2. The van der Waals surface area contributed by atoms with Gasteiger partial charge in [-0.1, -0.05) is 38.0 Å². The van der Waals surface area contributed by atoms with E-state index in [1.807, 2.05) is 13.0 Å². The monoisotopic (exact) mass is 283 g/mol. The third-order valence-electron chi connectivity index (χ3n) is 2.84. The summed E-state index contributed by atoms with van der Waals surface area (Å²) in [7, 11) is 0. The molecule has 1 heterocycles. The minimum Gasteiger partial charge on any atom is -0.322 e. The maximum absolute atomic E-state index is 12.6. The lowest BCUT2D eigenvalue weighted by atomic mass is 10.2. The Hall–Kier alpha value is -2.46. The van der Waals surface area contributed by atoms with Crippen molar-refractivity contribution >= 4 is 18.4 Å². The molecule has 1 atom stereocenters. The zero-order valence-electron chi connectivity index (χ0n) is 12.5. The molecule has 0 spiro atoms. The van der Waals surface area contributed by atoms with E-state index in [4.69, 9.17) is 5.73 Å². The summed E-state index contributed by atoms with van der Waals surface area (Å²) in [6.45, 7) is 14.8. The third-order valence-corrected chi connectivity index (χ3v) is 2.84. The standard InChI is InChI=1S/C17H21N3O/c1-6-9-11-15-12(4)17(21)20(14(8-3)10-7-2)16(19-15)13(5)18/h6-11,13H,2-4,18H2,1,5H3/b9-6-,14-10+,15-11+. The Bertz CT molecular complexity index is 764. The van der Waals surface area contributed by atoms with E-state index < -0.39 is 6.04 Å². The van der Waals surface area contributed by atoms with Crippen molar-refractivity contribution < 1.29 is 0 Å². The van der Waals surface area contributed by atoms with Crippen LogP contribution in [0.3, 0.4) is 0 Å². The van der Waals surface area contributed by atoms with Gasteiger partial charge in [0, 0.05) is 5.70 Å². The molecule has 0 radical (unpaired) electrons. The molecule has 1 unspecified atom stereocenters. The molecule has 0 fully saturated rings. The van der Waals surface area contributed by atoms with Gasteiger partial charge in [-0.25, -0.2) is 4.98 Å². The number of hydrogen-bond donors (Lipinski definition) is 1. The Morgan fingerprint density at radius 3 is 2.57 bits per heavy atom. The van der Waals surface area contributed by atoms with E-state index in [1.54, 1.807) is 37.3 Å². The summed E-state index contributed by atoms with van der Waals surface area (Å²) >= 11 is 0. The fourth-order valence-electron chi connectivity index (χ4n) is 1.82. The van der Waals surface area contributed by atoms with Crippen LogP contribution in [0.4, 0.5) is 0 Å². The van der Waals surface area contributed by atoms with Crippen LogP contribution in [-0.4, -0.2) is 9.55 Å². The molecular weight excluding hydrogens is 262 g/mol. The molecule has 21 heavy (non-hydrogen) atoms. The lowest BCUT2D eigenvalue weighted by molar-refractivity contribution is 0.685. The van der Waals surface area contributed by atoms with Crippen molar-refractivity contribution in [2.24, 2.45) is 5.73 Å². The van der Waals surface area contributed by atoms with Gasteiger partial charge in [0.2, 0.25) is 0 Å². The highest BCUT2D eigenvalue weighted by atomic mass is 16.1. The molecule has 4 nitrogen and oxygen atoms in total. The molecule has 0 aromatic carbocycles. The molecule has 0 aliphatic heterocycles. The lowest BCUT2D eigenvalue weighted by Gasteiger charge is -2.15. The summed E-state index contributed by atoms with van der Waals surface area (Å²) in [6.07, 6.45) is 10.2. The molecular formula is C17H21N3O. The minimum atomic E-state index is -0.413. The molecule has 0 aliphatic carbocycles.